The van der Waals surface area contributed by atoms with E-state index in [0.717, 1.165) is 0 Å². The van der Waals surface area contributed by atoms with Crippen molar-refractivity contribution in [2.24, 2.45) is 0 Å². The summed E-state index contributed by atoms with van der Waals surface area (Å²) in [5.41, 5.74) is 0.715. The Morgan fingerprint density at radius 1 is 1.17 bits per heavy atom. The van der Waals surface area contributed by atoms with Gasteiger partial charge in [-0.1, -0.05) is 6.07 Å². The Morgan fingerprint density at radius 2 is 2.06 bits per heavy atom. The monoisotopic (exact) mass is 239 g/mol. The molecule has 0 unspecified atom stereocenters. The van der Waals surface area contributed by atoms with E-state index in [-0.39, 0.29) is 11.3 Å². The lowest BCUT2D eigenvalue weighted by molar-refractivity contribution is 0.480. The predicted octanol–water partition coefficient (Wildman–Crippen LogP) is 1.49. The third-order valence-corrected chi connectivity index (χ3v) is 2.69. The molecule has 3 rings (SSSR count). The molecule has 0 atom stereocenters. The molecule has 5 nitrogen and oxygen atoms in total. The Bertz CT molecular complexity index is 766. The average molecular weight is 239 g/mol. The fourth-order valence-corrected chi connectivity index (χ4v) is 1.82. The van der Waals surface area contributed by atoms with Crippen LogP contribution in [0, 0.1) is 0 Å². The minimum Gasteiger partial charge on any atom is -0.506 e. The minimum atomic E-state index is -0.232. The first kappa shape index (κ1) is 10.5. The molecule has 88 valence electrons. The molecule has 0 bridgehead atoms. The lowest BCUT2D eigenvalue weighted by atomic mass is 10.2. The van der Waals surface area contributed by atoms with Crippen molar-refractivity contribution in [2.45, 2.75) is 0 Å². The topological polar surface area (TPSA) is 68.0 Å². The number of rotatable bonds is 1. The molecule has 18 heavy (non-hydrogen) atoms. The molecular weight excluding hydrogens is 230 g/mol. The van der Waals surface area contributed by atoms with Gasteiger partial charge in [0.15, 0.2) is 0 Å². The summed E-state index contributed by atoms with van der Waals surface area (Å²) in [6.45, 7) is 0. The second-order valence-electron chi connectivity index (χ2n) is 3.80. The third kappa shape index (κ3) is 1.53. The molecular formula is C13H9N3O2. The van der Waals surface area contributed by atoms with Gasteiger partial charge in [0, 0.05) is 6.20 Å². The molecule has 0 saturated heterocycles. The van der Waals surface area contributed by atoms with Gasteiger partial charge in [-0.15, -0.1) is 0 Å². The fourth-order valence-electron chi connectivity index (χ4n) is 1.82. The fraction of sp³-hybridized carbons (Fsp3) is 0. The Labute approximate surface area is 102 Å². The zero-order valence-corrected chi connectivity index (χ0v) is 9.32. The van der Waals surface area contributed by atoms with Crippen molar-refractivity contribution < 1.29 is 5.11 Å². The van der Waals surface area contributed by atoms with E-state index in [1.54, 1.807) is 36.7 Å². The largest absolute Gasteiger partial charge is 0.506 e. The molecule has 3 aromatic rings. The van der Waals surface area contributed by atoms with Crippen molar-refractivity contribution >= 4 is 10.9 Å². The van der Waals surface area contributed by atoms with E-state index in [0.29, 0.717) is 16.6 Å². The van der Waals surface area contributed by atoms with Crippen LogP contribution in [-0.4, -0.2) is 19.6 Å². The molecule has 0 aliphatic heterocycles. The highest BCUT2D eigenvalue weighted by molar-refractivity contribution is 5.83. The van der Waals surface area contributed by atoms with Gasteiger partial charge in [-0.05, 0) is 24.3 Å². The first-order valence-corrected chi connectivity index (χ1v) is 5.37. The average Bonchev–Trinajstić information content (AvgIpc) is 2.41. The second-order valence-corrected chi connectivity index (χ2v) is 3.80. The normalized spacial score (nSPS) is 10.7. The van der Waals surface area contributed by atoms with Gasteiger partial charge >= 0.3 is 0 Å². The number of aromatic nitrogens is 3. The molecule has 2 heterocycles. The lowest BCUT2D eigenvalue weighted by Crippen LogP contribution is -2.18. The second kappa shape index (κ2) is 3.96. The minimum absolute atomic E-state index is 0.00272. The number of phenols is 1. The summed E-state index contributed by atoms with van der Waals surface area (Å²) >= 11 is 0. The van der Waals surface area contributed by atoms with E-state index >= 15 is 0 Å². The maximum Gasteiger partial charge on any atom is 0.265 e. The summed E-state index contributed by atoms with van der Waals surface area (Å²) < 4.78 is 1.40. The van der Waals surface area contributed by atoms with E-state index in [1.165, 1.54) is 17.0 Å². The van der Waals surface area contributed by atoms with Gasteiger partial charge in [0.05, 0.1) is 17.3 Å². The zero-order chi connectivity index (χ0) is 12.5. The number of pyridine rings is 1. The van der Waals surface area contributed by atoms with Crippen LogP contribution in [0.25, 0.3) is 16.6 Å². The van der Waals surface area contributed by atoms with Crippen LogP contribution in [0.4, 0.5) is 0 Å². The van der Waals surface area contributed by atoms with Gasteiger partial charge in [0.25, 0.3) is 5.56 Å². The Kier molecular flexibility index (Phi) is 2.30. The number of hydrogen-bond acceptors (Lipinski definition) is 4. The summed E-state index contributed by atoms with van der Waals surface area (Å²) in [4.78, 5) is 20.3. The van der Waals surface area contributed by atoms with Crippen LogP contribution in [0.3, 0.4) is 0 Å². The van der Waals surface area contributed by atoms with Crippen molar-refractivity contribution in [3.8, 4) is 11.4 Å². The third-order valence-electron chi connectivity index (χ3n) is 2.69. The van der Waals surface area contributed by atoms with E-state index in [1.807, 2.05) is 0 Å². The summed E-state index contributed by atoms with van der Waals surface area (Å²) in [5.74, 6) is 0.00272. The molecule has 0 radical (unpaired) electrons. The highest BCUT2D eigenvalue weighted by Gasteiger charge is 2.08. The van der Waals surface area contributed by atoms with E-state index in [9.17, 15) is 9.90 Å². The summed E-state index contributed by atoms with van der Waals surface area (Å²) in [7, 11) is 0. The molecule has 0 saturated carbocycles. The Balaban J connectivity index is 2.35. The van der Waals surface area contributed by atoms with Gasteiger partial charge in [-0.25, -0.2) is 4.98 Å². The predicted molar refractivity (Wildman–Crippen MR) is 66.8 cm³/mol. The zero-order valence-electron chi connectivity index (χ0n) is 9.32. The number of fused-ring (bicyclic) bond motifs is 1. The molecule has 2 aromatic heterocycles. The molecule has 1 N–H and O–H groups in total. The molecule has 1 aromatic carbocycles. The van der Waals surface area contributed by atoms with Gasteiger partial charge in [0.2, 0.25) is 0 Å². The van der Waals surface area contributed by atoms with E-state index in [4.69, 9.17) is 0 Å². The molecule has 0 aliphatic carbocycles. The van der Waals surface area contributed by atoms with Crippen LogP contribution in [0.5, 0.6) is 5.75 Å². The maximum atomic E-state index is 12.3. The number of aromatic hydroxyl groups is 1. The quantitative estimate of drug-likeness (QED) is 0.698. The number of nitrogens with zero attached hydrogens (tertiary/aromatic N) is 3. The highest BCUT2D eigenvalue weighted by Crippen LogP contribution is 2.19. The Morgan fingerprint density at radius 3 is 2.83 bits per heavy atom. The van der Waals surface area contributed by atoms with Crippen LogP contribution < -0.4 is 5.56 Å². The van der Waals surface area contributed by atoms with Gasteiger partial charge in [-0.3, -0.25) is 14.3 Å². The first-order chi connectivity index (χ1) is 8.77. The number of para-hydroxylation sites is 1. The maximum absolute atomic E-state index is 12.3. The van der Waals surface area contributed by atoms with E-state index in [2.05, 4.69) is 9.97 Å². The van der Waals surface area contributed by atoms with Crippen LogP contribution in [0.2, 0.25) is 0 Å². The first-order valence-electron chi connectivity index (χ1n) is 5.37. The van der Waals surface area contributed by atoms with Crippen molar-refractivity contribution in [1.82, 2.24) is 14.5 Å². The van der Waals surface area contributed by atoms with Gasteiger partial charge in [0.1, 0.15) is 17.6 Å². The molecule has 0 fully saturated rings. The molecule has 5 heteroatoms. The van der Waals surface area contributed by atoms with Gasteiger partial charge in [-0.2, -0.15) is 0 Å². The molecule has 0 aliphatic rings. The highest BCUT2D eigenvalue weighted by atomic mass is 16.3. The van der Waals surface area contributed by atoms with Crippen LogP contribution in [-0.2, 0) is 0 Å². The van der Waals surface area contributed by atoms with Crippen LogP contribution in [0.15, 0.2) is 53.8 Å². The summed E-state index contributed by atoms with van der Waals surface area (Å²) in [5, 5.41) is 10.0. The van der Waals surface area contributed by atoms with Crippen molar-refractivity contribution in [1.29, 1.82) is 0 Å². The molecule has 0 amide bonds. The Hall–Kier alpha value is -2.69. The molecule has 0 spiro atoms. The van der Waals surface area contributed by atoms with Crippen LogP contribution in [0.1, 0.15) is 0 Å². The van der Waals surface area contributed by atoms with Crippen molar-refractivity contribution in [2.75, 3.05) is 0 Å². The number of hydrogen-bond donors (Lipinski definition) is 1. The summed E-state index contributed by atoms with van der Waals surface area (Å²) in [6, 6.07) is 8.27. The summed E-state index contributed by atoms with van der Waals surface area (Å²) in [6.07, 6.45) is 4.61. The lowest BCUT2D eigenvalue weighted by Gasteiger charge is -2.06. The van der Waals surface area contributed by atoms with Crippen molar-refractivity contribution in [3.63, 3.8) is 0 Å². The van der Waals surface area contributed by atoms with Gasteiger partial charge < -0.3 is 5.11 Å². The number of phenolic OH excluding ortho intramolecular Hbond substituents is 1. The standard InChI is InChI=1S/C13H9N3O2/c17-11-5-1-4-10-12(11)15-8-16(13(10)18)9-3-2-6-14-7-9/h1-8,17H. The van der Waals surface area contributed by atoms with Crippen molar-refractivity contribution in [3.05, 3.63) is 59.4 Å². The van der Waals surface area contributed by atoms with E-state index < -0.39 is 0 Å². The number of benzene rings is 1. The van der Waals surface area contributed by atoms with Crippen LogP contribution >= 0.6 is 0 Å². The smallest absolute Gasteiger partial charge is 0.265 e. The SMILES string of the molecule is O=c1c2cccc(O)c2ncn1-c1cccnc1.